The van der Waals surface area contributed by atoms with E-state index >= 15 is 0 Å². The SMILES string of the molecule is CNC(=O)c1ccc(N2CCC(C3CCN(C(=O)C(O)C(C)CC(F)(F)F)CC3)CC2)cc1Cl. The molecule has 2 saturated heterocycles. The van der Waals surface area contributed by atoms with Crippen LogP contribution in [-0.2, 0) is 4.79 Å². The molecule has 0 bridgehead atoms. The molecule has 0 saturated carbocycles. The largest absolute Gasteiger partial charge is 0.389 e. The summed E-state index contributed by atoms with van der Waals surface area (Å²) in [6, 6.07) is 5.47. The third-order valence-electron chi connectivity index (χ3n) is 7.19. The van der Waals surface area contributed by atoms with Gasteiger partial charge in [0.2, 0.25) is 0 Å². The average molecular weight is 504 g/mol. The summed E-state index contributed by atoms with van der Waals surface area (Å²) in [6.45, 7) is 3.93. The lowest BCUT2D eigenvalue weighted by atomic mass is 9.78. The van der Waals surface area contributed by atoms with Gasteiger partial charge in [-0.25, -0.2) is 0 Å². The number of amides is 2. The van der Waals surface area contributed by atoms with Crippen LogP contribution in [-0.4, -0.2) is 67.3 Å². The zero-order valence-corrected chi connectivity index (χ0v) is 20.3. The van der Waals surface area contributed by atoms with Gasteiger partial charge in [-0.1, -0.05) is 18.5 Å². The fourth-order valence-corrected chi connectivity index (χ4v) is 5.41. The Morgan fingerprint density at radius 3 is 2.18 bits per heavy atom. The molecular formula is C24H33ClF3N3O3. The molecule has 0 aliphatic carbocycles. The summed E-state index contributed by atoms with van der Waals surface area (Å²) in [5.74, 6) is -1.00. The zero-order chi connectivity index (χ0) is 25.0. The number of likely N-dealkylation sites (tertiary alicyclic amines) is 1. The number of nitrogens with zero attached hydrogens (tertiary/aromatic N) is 2. The van der Waals surface area contributed by atoms with Crippen molar-refractivity contribution in [2.45, 2.75) is 51.3 Å². The van der Waals surface area contributed by atoms with E-state index in [0.29, 0.717) is 35.5 Å². The number of carbonyl (C=O) groups excluding carboxylic acids is 2. The summed E-state index contributed by atoms with van der Waals surface area (Å²) in [5, 5.41) is 13.1. The van der Waals surface area contributed by atoms with Crippen molar-refractivity contribution in [2.24, 2.45) is 17.8 Å². The minimum Gasteiger partial charge on any atom is -0.383 e. The lowest BCUT2D eigenvalue weighted by Gasteiger charge is -2.41. The van der Waals surface area contributed by atoms with Gasteiger partial charge < -0.3 is 20.2 Å². The number of nitrogens with one attached hydrogen (secondary N) is 1. The van der Waals surface area contributed by atoms with E-state index in [1.165, 1.54) is 11.8 Å². The van der Waals surface area contributed by atoms with Crippen molar-refractivity contribution in [3.05, 3.63) is 28.8 Å². The van der Waals surface area contributed by atoms with E-state index < -0.39 is 30.5 Å². The van der Waals surface area contributed by atoms with Crippen LogP contribution in [0.1, 0.15) is 49.4 Å². The third kappa shape index (κ3) is 6.56. The third-order valence-corrected chi connectivity index (χ3v) is 7.51. The number of rotatable bonds is 6. The highest BCUT2D eigenvalue weighted by Crippen LogP contribution is 2.35. The Kier molecular flexibility index (Phi) is 8.73. The number of alkyl halides is 3. The molecule has 0 radical (unpaired) electrons. The van der Waals surface area contributed by atoms with E-state index in [1.54, 1.807) is 13.1 Å². The minimum absolute atomic E-state index is 0.220. The first-order valence-electron chi connectivity index (χ1n) is 11.8. The molecule has 0 spiro atoms. The Hall–Kier alpha value is -2.00. The molecule has 2 heterocycles. The number of halogens is 4. The van der Waals surface area contributed by atoms with Crippen LogP contribution in [0.2, 0.25) is 5.02 Å². The van der Waals surface area contributed by atoms with Crippen molar-refractivity contribution < 1.29 is 27.9 Å². The standard InChI is InChI=1S/C24H33ClF3N3O3/c1-15(14-24(26,27)28)21(32)23(34)31-11-7-17(8-12-31)16-5-9-30(10-6-16)18-3-4-19(20(25)13-18)22(33)29-2/h3-4,13,15-17,21,32H,5-12,14H2,1-2H3,(H,29,33). The first-order valence-corrected chi connectivity index (χ1v) is 12.2. The van der Waals surface area contributed by atoms with Crippen LogP contribution >= 0.6 is 11.6 Å². The number of anilines is 1. The van der Waals surface area contributed by atoms with Crippen LogP contribution in [0, 0.1) is 17.8 Å². The molecule has 1 aromatic carbocycles. The van der Waals surface area contributed by atoms with E-state index in [0.717, 1.165) is 44.5 Å². The normalized spacial score (nSPS) is 20.2. The van der Waals surface area contributed by atoms with Crippen molar-refractivity contribution in [2.75, 3.05) is 38.1 Å². The van der Waals surface area contributed by atoms with E-state index in [4.69, 9.17) is 11.6 Å². The van der Waals surface area contributed by atoms with E-state index in [-0.39, 0.29) is 5.91 Å². The number of aliphatic hydroxyl groups is 1. The van der Waals surface area contributed by atoms with Crippen molar-refractivity contribution in [1.82, 2.24) is 10.2 Å². The highest BCUT2D eigenvalue weighted by molar-refractivity contribution is 6.34. The molecule has 3 rings (SSSR count). The van der Waals surface area contributed by atoms with Gasteiger partial charge in [0.25, 0.3) is 11.8 Å². The number of aliphatic hydroxyl groups excluding tert-OH is 1. The zero-order valence-electron chi connectivity index (χ0n) is 19.6. The number of benzene rings is 1. The van der Waals surface area contributed by atoms with Gasteiger partial charge in [0.15, 0.2) is 0 Å². The molecule has 34 heavy (non-hydrogen) atoms. The van der Waals surface area contributed by atoms with Crippen LogP contribution in [0.4, 0.5) is 18.9 Å². The maximum absolute atomic E-state index is 12.6. The monoisotopic (exact) mass is 503 g/mol. The van der Waals surface area contributed by atoms with Crippen molar-refractivity contribution >= 4 is 29.1 Å². The molecule has 10 heteroatoms. The van der Waals surface area contributed by atoms with Crippen molar-refractivity contribution in [3.8, 4) is 0 Å². The fraction of sp³-hybridized carbons (Fsp3) is 0.667. The molecule has 6 nitrogen and oxygen atoms in total. The van der Waals surface area contributed by atoms with Crippen LogP contribution in [0.3, 0.4) is 0 Å². The summed E-state index contributed by atoms with van der Waals surface area (Å²) in [7, 11) is 1.56. The van der Waals surface area contributed by atoms with Gasteiger partial charge in [-0.15, -0.1) is 0 Å². The van der Waals surface area contributed by atoms with Gasteiger partial charge in [0, 0.05) is 45.3 Å². The second-order valence-electron chi connectivity index (χ2n) is 9.47. The van der Waals surface area contributed by atoms with Crippen LogP contribution in [0.5, 0.6) is 0 Å². The Morgan fingerprint density at radius 2 is 1.68 bits per heavy atom. The summed E-state index contributed by atoms with van der Waals surface area (Å²) >= 11 is 6.29. The Labute approximate surface area is 203 Å². The molecule has 2 N–H and O–H groups in total. The molecular weight excluding hydrogens is 471 g/mol. The van der Waals surface area contributed by atoms with Gasteiger partial charge in [-0.3, -0.25) is 9.59 Å². The molecule has 2 fully saturated rings. The molecule has 190 valence electrons. The van der Waals surface area contributed by atoms with E-state index in [2.05, 4.69) is 10.2 Å². The lowest BCUT2D eigenvalue weighted by Crippen LogP contribution is -2.48. The summed E-state index contributed by atoms with van der Waals surface area (Å²) < 4.78 is 37.8. The van der Waals surface area contributed by atoms with Crippen LogP contribution in [0.25, 0.3) is 0 Å². The Balaban J connectivity index is 1.47. The van der Waals surface area contributed by atoms with Gasteiger partial charge >= 0.3 is 6.18 Å². The Bertz CT molecular complexity index is 867. The molecule has 1 aromatic rings. The predicted molar refractivity (Wildman–Crippen MR) is 125 cm³/mol. The minimum atomic E-state index is -4.40. The first-order chi connectivity index (χ1) is 16.0. The smallest absolute Gasteiger partial charge is 0.383 e. The fourth-order valence-electron chi connectivity index (χ4n) is 5.15. The lowest BCUT2D eigenvalue weighted by molar-refractivity contribution is -0.161. The summed E-state index contributed by atoms with van der Waals surface area (Å²) in [5.41, 5.74) is 1.43. The molecule has 2 aliphatic heterocycles. The predicted octanol–water partition coefficient (Wildman–Crippen LogP) is 4.10. The highest BCUT2D eigenvalue weighted by Gasteiger charge is 2.38. The number of carbonyl (C=O) groups is 2. The Morgan fingerprint density at radius 1 is 1.12 bits per heavy atom. The second kappa shape index (κ2) is 11.2. The summed E-state index contributed by atoms with van der Waals surface area (Å²) in [6.07, 6.45) is -3.61. The van der Waals surface area contributed by atoms with Crippen molar-refractivity contribution in [3.63, 3.8) is 0 Å². The van der Waals surface area contributed by atoms with Crippen molar-refractivity contribution in [1.29, 1.82) is 0 Å². The van der Waals surface area contributed by atoms with Gasteiger partial charge in [-0.05, 0) is 61.6 Å². The molecule has 2 atom stereocenters. The van der Waals surface area contributed by atoms with Crippen LogP contribution in [0.15, 0.2) is 18.2 Å². The first kappa shape index (κ1) is 26.6. The van der Waals surface area contributed by atoms with Gasteiger partial charge in [-0.2, -0.15) is 13.2 Å². The quantitative estimate of drug-likeness (QED) is 0.613. The average Bonchev–Trinajstić information content (AvgIpc) is 2.81. The molecule has 2 amide bonds. The number of hydrogen-bond acceptors (Lipinski definition) is 4. The number of piperidine rings is 2. The van der Waals surface area contributed by atoms with E-state index in [1.807, 2.05) is 12.1 Å². The van der Waals surface area contributed by atoms with Gasteiger partial charge in [0.1, 0.15) is 6.10 Å². The molecule has 2 unspecified atom stereocenters. The molecule has 2 aliphatic rings. The van der Waals surface area contributed by atoms with Gasteiger partial charge in [0.05, 0.1) is 10.6 Å². The topological polar surface area (TPSA) is 72.9 Å². The van der Waals surface area contributed by atoms with E-state index in [9.17, 15) is 27.9 Å². The summed E-state index contributed by atoms with van der Waals surface area (Å²) in [4.78, 5) is 28.1. The van der Waals surface area contributed by atoms with Crippen LogP contribution < -0.4 is 10.2 Å². The maximum atomic E-state index is 12.6. The second-order valence-corrected chi connectivity index (χ2v) is 9.88. The molecule has 0 aromatic heterocycles. The number of hydrogen-bond donors (Lipinski definition) is 2. The maximum Gasteiger partial charge on any atom is 0.389 e. The highest BCUT2D eigenvalue weighted by atomic mass is 35.5.